The molecule has 1 fully saturated rings. The third-order valence-corrected chi connectivity index (χ3v) is 7.17. The Morgan fingerprint density at radius 3 is 2.62 bits per heavy atom. The van der Waals surface area contributed by atoms with Crippen LogP contribution in [0.2, 0.25) is 0 Å². The number of hydrogen-bond donors (Lipinski definition) is 3. The molecule has 1 aliphatic heterocycles. The van der Waals surface area contributed by atoms with Gasteiger partial charge in [0.2, 0.25) is 11.8 Å². The molecule has 0 saturated heterocycles. The van der Waals surface area contributed by atoms with Crippen LogP contribution in [0, 0.1) is 0 Å². The van der Waals surface area contributed by atoms with Crippen LogP contribution < -0.4 is 10.1 Å². The van der Waals surface area contributed by atoms with Crippen molar-refractivity contribution in [2.24, 2.45) is 0 Å². The van der Waals surface area contributed by atoms with Gasteiger partial charge in [-0.3, -0.25) is 9.59 Å². The Morgan fingerprint density at radius 1 is 1.18 bits per heavy atom. The minimum Gasteiger partial charge on any atom is -0.486 e. The van der Waals surface area contributed by atoms with E-state index in [4.69, 9.17) is 4.74 Å². The van der Waals surface area contributed by atoms with Crippen molar-refractivity contribution in [3.63, 3.8) is 0 Å². The molecule has 7 nitrogen and oxygen atoms in total. The van der Waals surface area contributed by atoms with Crippen molar-refractivity contribution in [3.8, 4) is 5.75 Å². The van der Waals surface area contributed by atoms with Crippen LogP contribution in [0.15, 0.2) is 48.1 Å². The third-order valence-electron chi connectivity index (χ3n) is 7.17. The van der Waals surface area contributed by atoms with Crippen molar-refractivity contribution >= 4 is 11.8 Å². The molecule has 7 heteroatoms. The number of benzene rings is 1. The number of allylic oxidation sites excluding steroid dienone is 1. The van der Waals surface area contributed by atoms with Crippen LogP contribution >= 0.6 is 0 Å². The highest BCUT2D eigenvalue weighted by molar-refractivity contribution is 5.96. The van der Waals surface area contributed by atoms with E-state index in [1.165, 1.54) is 0 Å². The van der Waals surface area contributed by atoms with Gasteiger partial charge in [-0.25, -0.2) is 0 Å². The monoisotopic (exact) mass is 468 g/mol. The molecule has 1 heterocycles. The highest BCUT2D eigenvalue weighted by atomic mass is 16.5. The molecule has 184 valence electrons. The molecule has 4 atom stereocenters. The summed E-state index contributed by atoms with van der Waals surface area (Å²) in [6, 6.07) is 6.84. The van der Waals surface area contributed by atoms with Gasteiger partial charge < -0.3 is 25.2 Å². The number of amides is 2. The van der Waals surface area contributed by atoms with Gasteiger partial charge in [-0.1, -0.05) is 56.9 Å². The Hall–Kier alpha value is -2.64. The Kier molecular flexibility index (Phi) is 8.06. The number of carbonyl (C=O) groups is 2. The predicted molar refractivity (Wildman–Crippen MR) is 129 cm³/mol. The Morgan fingerprint density at radius 2 is 1.91 bits per heavy atom. The first kappa shape index (κ1) is 24.5. The van der Waals surface area contributed by atoms with Crippen LogP contribution in [-0.4, -0.2) is 64.4 Å². The number of rotatable bonds is 7. The van der Waals surface area contributed by atoms with Crippen LogP contribution in [0.5, 0.6) is 5.75 Å². The second kappa shape index (κ2) is 11.2. The van der Waals surface area contributed by atoms with E-state index in [1.807, 2.05) is 37.3 Å². The summed E-state index contributed by atoms with van der Waals surface area (Å²) in [6.07, 6.45) is 10.4. The van der Waals surface area contributed by atoms with Crippen molar-refractivity contribution in [1.29, 1.82) is 0 Å². The van der Waals surface area contributed by atoms with E-state index < -0.39 is 24.2 Å². The number of carbonyl (C=O) groups excluding carboxylic acids is 2. The number of para-hydroxylation sites is 1. The molecule has 4 rings (SSSR count). The average Bonchev–Trinajstić information content (AvgIpc) is 3.04. The van der Waals surface area contributed by atoms with Crippen molar-refractivity contribution in [1.82, 2.24) is 10.2 Å². The molecule has 1 aromatic rings. The first-order valence-electron chi connectivity index (χ1n) is 12.6. The van der Waals surface area contributed by atoms with Crippen LogP contribution in [0.1, 0.15) is 63.4 Å². The van der Waals surface area contributed by atoms with Gasteiger partial charge in [-0.2, -0.15) is 0 Å². The summed E-state index contributed by atoms with van der Waals surface area (Å²) >= 11 is 0. The highest BCUT2D eigenvalue weighted by Crippen LogP contribution is 2.47. The van der Waals surface area contributed by atoms with Crippen molar-refractivity contribution in [2.75, 3.05) is 13.2 Å². The van der Waals surface area contributed by atoms with E-state index in [9.17, 15) is 19.8 Å². The summed E-state index contributed by atoms with van der Waals surface area (Å²) in [5.74, 6) is -0.230. The third kappa shape index (κ3) is 4.91. The van der Waals surface area contributed by atoms with Gasteiger partial charge >= 0.3 is 0 Å². The van der Waals surface area contributed by atoms with E-state index in [2.05, 4.69) is 5.32 Å². The molecule has 0 radical (unpaired) electrons. The summed E-state index contributed by atoms with van der Waals surface area (Å²) in [5, 5.41) is 23.6. The Labute approximate surface area is 201 Å². The minimum absolute atomic E-state index is 0.00510. The fourth-order valence-corrected chi connectivity index (χ4v) is 5.57. The van der Waals surface area contributed by atoms with Gasteiger partial charge in [-0.15, -0.1) is 0 Å². The molecule has 0 spiro atoms. The maximum absolute atomic E-state index is 13.4. The number of hydrogen-bond acceptors (Lipinski definition) is 5. The molecule has 0 bridgehead atoms. The summed E-state index contributed by atoms with van der Waals surface area (Å²) < 4.78 is 6.19. The van der Waals surface area contributed by atoms with Gasteiger partial charge in [0.1, 0.15) is 18.0 Å². The SMILES string of the molecule is CCC=CC(=O)N(C1CCCCCC1)C1C=C(C(=O)NCCO)C2c3ccccc3OC2C1O. The van der Waals surface area contributed by atoms with Crippen molar-refractivity contribution < 1.29 is 24.5 Å². The molecule has 1 aromatic carbocycles. The smallest absolute Gasteiger partial charge is 0.247 e. The fraction of sp³-hybridized carbons (Fsp3) is 0.556. The van der Waals surface area contributed by atoms with Crippen LogP contribution in [0.3, 0.4) is 0 Å². The van der Waals surface area contributed by atoms with Crippen LogP contribution in [0.4, 0.5) is 0 Å². The first-order valence-corrected chi connectivity index (χ1v) is 12.6. The van der Waals surface area contributed by atoms with Crippen LogP contribution in [-0.2, 0) is 9.59 Å². The van der Waals surface area contributed by atoms with E-state index in [0.29, 0.717) is 11.3 Å². The maximum atomic E-state index is 13.4. The van der Waals surface area contributed by atoms with Gasteiger partial charge in [-0.05, 0) is 37.5 Å². The highest BCUT2D eigenvalue weighted by Gasteiger charge is 2.51. The van der Waals surface area contributed by atoms with Gasteiger partial charge in [0, 0.05) is 23.7 Å². The molecule has 34 heavy (non-hydrogen) atoms. The number of fused-ring (bicyclic) bond motifs is 3. The number of aliphatic hydroxyl groups is 2. The lowest BCUT2D eigenvalue weighted by Gasteiger charge is -2.43. The second-order valence-corrected chi connectivity index (χ2v) is 9.38. The standard InChI is InChI=1S/C27H36N2O5/c1-2-3-14-23(31)29(18-10-6-4-5-7-11-18)21-17-20(27(33)28-15-16-30)24-19-12-8-9-13-22(19)34-26(24)25(21)32/h3,8-9,12-14,17-18,21,24-26,30,32H,2,4-7,10-11,15-16H2,1H3,(H,28,33). The zero-order valence-electron chi connectivity index (χ0n) is 19.9. The van der Waals surface area contributed by atoms with Crippen molar-refractivity contribution in [2.45, 2.75) is 82.1 Å². The minimum atomic E-state index is -0.978. The number of aliphatic hydroxyl groups excluding tert-OH is 2. The maximum Gasteiger partial charge on any atom is 0.247 e. The molecule has 4 unspecified atom stereocenters. The summed E-state index contributed by atoms with van der Waals surface area (Å²) in [4.78, 5) is 28.4. The van der Waals surface area contributed by atoms with Gasteiger partial charge in [0.05, 0.1) is 18.6 Å². The van der Waals surface area contributed by atoms with Gasteiger partial charge in [0.25, 0.3) is 0 Å². The van der Waals surface area contributed by atoms with E-state index in [0.717, 1.165) is 50.5 Å². The van der Waals surface area contributed by atoms with Gasteiger partial charge in [0.15, 0.2) is 0 Å². The van der Waals surface area contributed by atoms with Crippen LogP contribution in [0.25, 0.3) is 0 Å². The molecule has 3 aliphatic rings. The Bertz CT molecular complexity index is 935. The van der Waals surface area contributed by atoms with E-state index >= 15 is 0 Å². The molecule has 2 amide bonds. The largest absolute Gasteiger partial charge is 0.486 e. The molecule has 3 N–H and O–H groups in total. The van der Waals surface area contributed by atoms with E-state index in [-0.39, 0.29) is 31.0 Å². The summed E-state index contributed by atoms with van der Waals surface area (Å²) in [5.41, 5.74) is 1.33. The molecule has 2 aliphatic carbocycles. The van der Waals surface area contributed by atoms with E-state index in [1.54, 1.807) is 17.1 Å². The normalized spacial score (nSPS) is 26.7. The molecule has 0 aromatic heterocycles. The lowest BCUT2D eigenvalue weighted by Crippen LogP contribution is -2.58. The lowest BCUT2D eigenvalue weighted by atomic mass is 9.77. The zero-order chi connectivity index (χ0) is 24.1. The number of nitrogens with zero attached hydrogens (tertiary/aromatic N) is 1. The molecular weight excluding hydrogens is 432 g/mol. The first-order chi connectivity index (χ1) is 16.6. The summed E-state index contributed by atoms with van der Waals surface area (Å²) in [7, 11) is 0. The molecular formula is C27H36N2O5. The number of ether oxygens (including phenoxy) is 1. The Balaban J connectivity index is 1.76. The predicted octanol–water partition coefficient (Wildman–Crippen LogP) is 2.83. The second-order valence-electron chi connectivity index (χ2n) is 9.38. The number of nitrogens with one attached hydrogen (secondary N) is 1. The fourth-order valence-electron chi connectivity index (χ4n) is 5.57. The molecule has 1 saturated carbocycles. The van der Waals surface area contributed by atoms with Crippen molar-refractivity contribution in [3.05, 3.63) is 53.6 Å². The summed E-state index contributed by atoms with van der Waals surface area (Å²) in [6.45, 7) is 1.95. The quantitative estimate of drug-likeness (QED) is 0.422. The topological polar surface area (TPSA) is 99.1 Å². The zero-order valence-corrected chi connectivity index (χ0v) is 19.9. The average molecular weight is 469 g/mol. The lowest BCUT2D eigenvalue weighted by molar-refractivity contribution is -0.135.